The lowest BCUT2D eigenvalue weighted by Gasteiger charge is -2.13. The van der Waals surface area contributed by atoms with Gasteiger partial charge < -0.3 is 25.3 Å². The summed E-state index contributed by atoms with van der Waals surface area (Å²) >= 11 is 4.85. The number of methoxy groups -OCH3 is 1. The second-order valence-electron chi connectivity index (χ2n) is 3.96. The van der Waals surface area contributed by atoms with E-state index in [2.05, 4.69) is 15.4 Å². The number of nitrogens with one attached hydrogen (secondary N) is 2. The number of amides is 1. The fourth-order valence-electron chi connectivity index (χ4n) is 1.50. The van der Waals surface area contributed by atoms with Gasteiger partial charge in [0.25, 0.3) is 0 Å². The van der Waals surface area contributed by atoms with Crippen molar-refractivity contribution in [1.82, 2.24) is 5.32 Å². The van der Waals surface area contributed by atoms with Gasteiger partial charge in [0.15, 0.2) is 23.3 Å². The zero-order chi connectivity index (χ0) is 17.4. The second-order valence-corrected chi connectivity index (χ2v) is 4.36. The largest absolute Gasteiger partial charge is 0.465 e. The minimum Gasteiger partial charge on any atom is -0.465 e. The number of thiocarbonyl (C=S) groups is 1. The number of anilines is 2. The van der Waals surface area contributed by atoms with Crippen molar-refractivity contribution in [1.29, 1.82) is 0 Å². The first-order chi connectivity index (χ1) is 10.9. The van der Waals surface area contributed by atoms with E-state index in [0.29, 0.717) is 6.61 Å². The highest BCUT2D eigenvalue weighted by atomic mass is 32.1. The van der Waals surface area contributed by atoms with Crippen LogP contribution in [0.25, 0.3) is 0 Å². The van der Waals surface area contributed by atoms with Gasteiger partial charge in [0.1, 0.15) is 5.69 Å². The Morgan fingerprint density at radius 2 is 2.17 bits per heavy atom. The maximum absolute atomic E-state index is 11.2. The molecule has 1 aromatic rings. The molecule has 11 heteroatoms. The summed E-state index contributed by atoms with van der Waals surface area (Å²) in [6.07, 6.45) is -0.810. The van der Waals surface area contributed by atoms with E-state index < -0.39 is 16.7 Å². The Morgan fingerprint density at radius 3 is 2.74 bits per heavy atom. The molecule has 0 unspecified atom stereocenters. The van der Waals surface area contributed by atoms with Crippen molar-refractivity contribution in [2.75, 3.05) is 31.6 Å². The van der Waals surface area contributed by atoms with Crippen LogP contribution in [0.15, 0.2) is 12.1 Å². The number of nitrogens with two attached hydrogens (primary N) is 1. The molecule has 0 aliphatic carbocycles. The molecule has 10 nitrogen and oxygen atoms in total. The number of alkyl carbamates (subject to hydrolysis) is 1. The average Bonchev–Trinajstić information content (AvgIpc) is 2.49. The first-order valence-electron chi connectivity index (χ1n) is 6.34. The molecule has 0 atom stereocenters. The molecule has 0 aliphatic rings. The first-order valence-corrected chi connectivity index (χ1v) is 6.74. The van der Waals surface area contributed by atoms with Gasteiger partial charge in [0.05, 0.1) is 12.0 Å². The van der Waals surface area contributed by atoms with E-state index in [1.807, 2.05) is 0 Å². The third-order valence-corrected chi connectivity index (χ3v) is 2.71. The predicted molar refractivity (Wildman–Crippen MR) is 86.4 cm³/mol. The normalized spacial score (nSPS) is 9.83. The van der Waals surface area contributed by atoms with E-state index in [4.69, 9.17) is 27.4 Å². The number of carbonyl (C=O) groups is 1. The summed E-state index contributed by atoms with van der Waals surface area (Å²) in [4.78, 5) is 21.6. The quantitative estimate of drug-likeness (QED) is 0.175. The van der Waals surface area contributed by atoms with Crippen molar-refractivity contribution in [3.05, 3.63) is 22.2 Å². The molecule has 0 radical (unpaired) electrons. The summed E-state index contributed by atoms with van der Waals surface area (Å²) in [6, 6.07) is 2.77. The number of carbonyl (C=O) groups excluding carboxylic acids is 1. The fraction of sp³-hybridized carbons (Fsp3) is 0.333. The molecule has 0 aliphatic heterocycles. The van der Waals surface area contributed by atoms with Crippen LogP contribution in [0.1, 0.15) is 6.92 Å². The van der Waals surface area contributed by atoms with Crippen molar-refractivity contribution in [3.8, 4) is 5.75 Å². The Morgan fingerprint density at radius 1 is 1.48 bits per heavy atom. The average molecular weight is 344 g/mol. The van der Waals surface area contributed by atoms with Crippen molar-refractivity contribution < 1.29 is 23.9 Å². The minimum absolute atomic E-state index is 0.00216. The van der Waals surface area contributed by atoms with E-state index in [1.54, 1.807) is 6.92 Å². The summed E-state index contributed by atoms with van der Waals surface area (Å²) in [5.74, 6) is 0.0996. The van der Waals surface area contributed by atoms with Gasteiger partial charge in [-0.1, -0.05) is 0 Å². The molecule has 0 saturated heterocycles. The molecule has 1 amide bonds. The molecule has 0 fully saturated rings. The molecule has 0 spiro atoms. The number of benzene rings is 1. The topological polar surface area (TPSA) is 138 Å². The van der Waals surface area contributed by atoms with Crippen LogP contribution in [-0.2, 0) is 9.47 Å². The van der Waals surface area contributed by atoms with Crippen LogP contribution >= 0.6 is 12.2 Å². The van der Waals surface area contributed by atoms with Gasteiger partial charge in [-0.25, -0.2) is 4.79 Å². The van der Waals surface area contributed by atoms with Crippen LogP contribution in [-0.4, -0.2) is 36.6 Å². The van der Waals surface area contributed by atoms with Crippen LogP contribution in [0.4, 0.5) is 21.9 Å². The number of nitro groups is 1. The summed E-state index contributed by atoms with van der Waals surface area (Å²) < 4.78 is 14.6. The third-order valence-electron chi connectivity index (χ3n) is 2.51. The van der Waals surface area contributed by atoms with Gasteiger partial charge >= 0.3 is 11.8 Å². The van der Waals surface area contributed by atoms with Gasteiger partial charge in [-0.05, 0) is 31.3 Å². The third kappa shape index (κ3) is 5.23. The number of nitrogen functional groups attached to an aromatic ring is 1. The maximum atomic E-state index is 11.2. The molecule has 126 valence electrons. The number of hydrogen-bond acceptors (Lipinski definition) is 8. The Kier molecular flexibility index (Phi) is 6.96. The highest BCUT2D eigenvalue weighted by Crippen LogP contribution is 2.38. The molecular formula is C12H16N4O6S. The van der Waals surface area contributed by atoms with Crippen LogP contribution in [0.5, 0.6) is 5.75 Å². The first kappa shape index (κ1) is 18.4. The molecule has 0 bridgehead atoms. The standard InChI is InChI=1S/C12H16N4O6S/c1-3-21-6-22-8-5-4-7(10(9(8)13)16(18)19)14-11(23)15-12(17)20-2/h4-5H,3,6,13H2,1-2H3,(H2,14,15,17,23). The fourth-order valence-corrected chi connectivity index (χ4v) is 1.69. The van der Waals surface area contributed by atoms with Gasteiger partial charge in [-0.15, -0.1) is 0 Å². The van der Waals surface area contributed by atoms with E-state index in [1.165, 1.54) is 12.1 Å². The van der Waals surface area contributed by atoms with Gasteiger partial charge in [0.2, 0.25) is 0 Å². The smallest absolute Gasteiger partial charge is 0.413 e. The van der Waals surface area contributed by atoms with Crippen molar-refractivity contribution in [2.24, 2.45) is 0 Å². The lowest BCUT2D eigenvalue weighted by molar-refractivity contribution is -0.383. The highest BCUT2D eigenvalue weighted by molar-refractivity contribution is 7.80. The lowest BCUT2D eigenvalue weighted by atomic mass is 10.2. The number of rotatable bonds is 6. The summed E-state index contributed by atoms with van der Waals surface area (Å²) in [6.45, 7) is 2.11. The summed E-state index contributed by atoms with van der Waals surface area (Å²) in [7, 11) is 1.16. The molecule has 0 saturated carbocycles. The molecule has 0 aromatic heterocycles. The van der Waals surface area contributed by atoms with Crippen molar-refractivity contribution in [2.45, 2.75) is 6.92 Å². The molecule has 4 N–H and O–H groups in total. The molecule has 0 heterocycles. The Bertz CT molecular complexity index is 609. The molecular weight excluding hydrogens is 328 g/mol. The van der Waals surface area contributed by atoms with E-state index in [0.717, 1.165) is 7.11 Å². The van der Waals surface area contributed by atoms with Crippen LogP contribution in [0, 0.1) is 10.1 Å². The van der Waals surface area contributed by atoms with Gasteiger partial charge in [-0.2, -0.15) is 0 Å². The van der Waals surface area contributed by atoms with Crippen LogP contribution < -0.4 is 21.1 Å². The number of ether oxygens (including phenoxy) is 3. The number of nitrogens with zero attached hydrogens (tertiary/aromatic N) is 1. The van der Waals surface area contributed by atoms with Crippen molar-refractivity contribution in [3.63, 3.8) is 0 Å². The maximum Gasteiger partial charge on any atom is 0.413 e. The predicted octanol–water partition coefficient (Wildman–Crippen LogP) is 1.60. The Hall–Kier alpha value is -2.66. The molecule has 1 rings (SSSR count). The number of hydrogen-bond donors (Lipinski definition) is 3. The minimum atomic E-state index is -0.810. The monoisotopic (exact) mass is 344 g/mol. The van der Waals surface area contributed by atoms with E-state index >= 15 is 0 Å². The zero-order valence-corrected chi connectivity index (χ0v) is 13.3. The number of nitro benzene ring substituents is 1. The van der Waals surface area contributed by atoms with Crippen LogP contribution in [0.2, 0.25) is 0 Å². The second kappa shape index (κ2) is 8.70. The summed E-state index contributed by atoms with van der Waals surface area (Å²) in [5, 5.41) is 15.7. The van der Waals surface area contributed by atoms with Crippen LogP contribution in [0.3, 0.4) is 0 Å². The lowest BCUT2D eigenvalue weighted by Crippen LogP contribution is -2.34. The Labute approximate surface area is 137 Å². The molecule has 23 heavy (non-hydrogen) atoms. The van der Waals surface area contributed by atoms with Gasteiger partial charge in [-0.3, -0.25) is 15.4 Å². The van der Waals surface area contributed by atoms with E-state index in [-0.39, 0.29) is 29.0 Å². The SMILES string of the molecule is CCOCOc1ccc(NC(=S)NC(=O)OC)c([N+](=O)[O-])c1N. The zero-order valence-electron chi connectivity index (χ0n) is 12.5. The van der Waals surface area contributed by atoms with Crippen molar-refractivity contribution >= 4 is 40.5 Å². The van der Waals surface area contributed by atoms with Gasteiger partial charge in [0, 0.05) is 6.61 Å². The molecule has 1 aromatic carbocycles. The van der Waals surface area contributed by atoms with E-state index in [9.17, 15) is 14.9 Å². The highest BCUT2D eigenvalue weighted by Gasteiger charge is 2.23. The summed E-state index contributed by atoms with van der Waals surface area (Å²) in [5.41, 5.74) is 5.12. The Balaban J connectivity index is 2.99.